The highest BCUT2D eigenvalue weighted by Crippen LogP contribution is 2.26. The van der Waals surface area contributed by atoms with E-state index in [9.17, 15) is 17.6 Å². The molecule has 1 amide bonds. The van der Waals surface area contributed by atoms with E-state index in [1.807, 2.05) is 0 Å². The summed E-state index contributed by atoms with van der Waals surface area (Å²) in [7, 11) is -1.22. The maximum atomic E-state index is 14.5. The first-order chi connectivity index (χ1) is 15.9. The lowest BCUT2D eigenvalue weighted by Gasteiger charge is -2.24. The van der Waals surface area contributed by atoms with E-state index in [1.54, 1.807) is 36.4 Å². The van der Waals surface area contributed by atoms with E-state index in [-0.39, 0.29) is 10.6 Å². The maximum Gasteiger partial charge on any atom is 0.264 e. The Morgan fingerprint density at radius 3 is 2.39 bits per heavy atom. The highest BCUT2D eigenvalue weighted by atomic mass is 32.2. The van der Waals surface area contributed by atoms with Crippen molar-refractivity contribution >= 4 is 27.8 Å². The number of methoxy groups -OCH3 is 2. The zero-order chi connectivity index (χ0) is 23.8. The number of amides is 1. The lowest BCUT2D eigenvalue weighted by atomic mass is 10.2. The van der Waals surface area contributed by atoms with Crippen LogP contribution in [0.5, 0.6) is 11.5 Å². The summed E-state index contributed by atoms with van der Waals surface area (Å²) in [6, 6.07) is 17.8. The van der Waals surface area contributed by atoms with Crippen LogP contribution in [0.25, 0.3) is 0 Å². The zero-order valence-corrected chi connectivity index (χ0v) is 18.8. The minimum Gasteiger partial charge on any atom is -0.497 e. The van der Waals surface area contributed by atoms with Gasteiger partial charge in [-0.1, -0.05) is 30.3 Å². The third kappa shape index (κ3) is 5.66. The molecular weight excluding hydrogens is 449 g/mol. The van der Waals surface area contributed by atoms with Gasteiger partial charge in [-0.15, -0.1) is 0 Å². The normalized spacial score (nSPS) is 11.2. The Morgan fingerprint density at radius 1 is 1.03 bits per heavy atom. The van der Waals surface area contributed by atoms with E-state index in [1.165, 1.54) is 50.8 Å². The summed E-state index contributed by atoms with van der Waals surface area (Å²) in [5, 5.41) is 3.87. The van der Waals surface area contributed by atoms with Crippen molar-refractivity contribution in [1.82, 2.24) is 5.43 Å². The van der Waals surface area contributed by atoms with Gasteiger partial charge in [0.25, 0.3) is 15.9 Å². The molecule has 8 nitrogen and oxygen atoms in total. The van der Waals surface area contributed by atoms with E-state index >= 15 is 0 Å². The Balaban J connectivity index is 1.83. The second-order valence-electron chi connectivity index (χ2n) is 6.68. The van der Waals surface area contributed by atoms with Crippen molar-refractivity contribution in [3.63, 3.8) is 0 Å². The maximum absolute atomic E-state index is 14.5. The highest BCUT2D eigenvalue weighted by Gasteiger charge is 2.28. The first-order valence-corrected chi connectivity index (χ1v) is 11.2. The molecule has 0 saturated carbocycles. The third-order valence-corrected chi connectivity index (χ3v) is 6.35. The van der Waals surface area contributed by atoms with Gasteiger partial charge in [0.05, 0.1) is 31.0 Å². The van der Waals surface area contributed by atoms with Crippen LogP contribution in [0.1, 0.15) is 5.56 Å². The van der Waals surface area contributed by atoms with E-state index in [2.05, 4.69) is 10.5 Å². The summed E-state index contributed by atoms with van der Waals surface area (Å²) in [6.07, 6.45) is 1.34. The molecule has 33 heavy (non-hydrogen) atoms. The number of hydrazone groups is 1. The standard InChI is InChI=1S/C23H22FN3O5S/c1-31-18-13-12-17(22(14-18)32-2)15-25-26-23(28)16-27(21-11-7-6-10-20(21)24)33(29,30)19-8-4-3-5-9-19/h3-15H,16H2,1-2H3,(H,26,28)/b25-15-. The van der Waals surface area contributed by atoms with Gasteiger partial charge in [-0.2, -0.15) is 5.10 Å². The number of benzene rings is 3. The van der Waals surface area contributed by atoms with Crippen LogP contribution >= 0.6 is 0 Å². The lowest BCUT2D eigenvalue weighted by Crippen LogP contribution is -2.40. The summed E-state index contributed by atoms with van der Waals surface area (Å²) in [4.78, 5) is 12.5. The molecule has 0 bridgehead atoms. The van der Waals surface area contributed by atoms with Crippen LogP contribution in [-0.2, 0) is 14.8 Å². The lowest BCUT2D eigenvalue weighted by molar-refractivity contribution is -0.119. The third-order valence-electron chi connectivity index (χ3n) is 4.57. The van der Waals surface area contributed by atoms with E-state index < -0.39 is 28.3 Å². The van der Waals surface area contributed by atoms with Gasteiger partial charge in [-0.25, -0.2) is 18.2 Å². The fourth-order valence-electron chi connectivity index (χ4n) is 2.94. The number of carbonyl (C=O) groups is 1. The van der Waals surface area contributed by atoms with Crippen molar-refractivity contribution in [1.29, 1.82) is 0 Å². The topological polar surface area (TPSA) is 97.3 Å². The molecule has 0 unspecified atom stereocenters. The Morgan fingerprint density at radius 2 is 1.73 bits per heavy atom. The Kier molecular flexibility index (Phi) is 7.62. The van der Waals surface area contributed by atoms with Crippen LogP contribution in [-0.4, -0.2) is 41.3 Å². The summed E-state index contributed by atoms with van der Waals surface area (Å²) in [5.41, 5.74) is 2.57. The molecule has 0 radical (unpaired) electrons. The second kappa shape index (κ2) is 10.6. The van der Waals surface area contributed by atoms with Crippen molar-refractivity contribution in [3.8, 4) is 11.5 Å². The molecule has 1 N–H and O–H groups in total. The van der Waals surface area contributed by atoms with Crippen LogP contribution in [0.4, 0.5) is 10.1 Å². The number of nitrogens with zero attached hydrogens (tertiary/aromatic N) is 2. The largest absolute Gasteiger partial charge is 0.497 e. The van der Waals surface area contributed by atoms with Gasteiger partial charge in [0.1, 0.15) is 23.9 Å². The number of sulfonamides is 1. The fraction of sp³-hybridized carbons (Fsp3) is 0.130. The number of carbonyl (C=O) groups excluding carboxylic acids is 1. The number of rotatable bonds is 9. The fourth-order valence-corrected chi connectivity index (χ4v) is 4.39. The number of hydrogen-bond acceptors (Lipinski definition) is 6. The second-order valence-corrected chi connectivity index (χ2v) is 8.54. The smallest absolute Gasteiger partial charge is 0.264 e. The molecule has 3 aromatic rings. The molecule has 0 heterocycles. The first-order valence-electron chi connectivity index (χ1n) is 9.73. The van der Waals surface area contributed by atoms with Gasteiger partial charge < -0.3 is 9.47 Å². The summed E-state index contributed by atoms with van der Waals surface area (Å²) >= 11 is 0. The molecule has 0 aromatic heterocycles. The molecule has 0 fully saturated rings. The number of nitrogens with one attached hydrogen (secondary N) is 1. The van der Waals surface area contributed by atoms with Crippen molar-refractivity contribution < 1.29 is 27.1 Å². The van der Waals surface area contributed by atoms with Gasteiger partial charge in [0.15, 0.2) is 0 Å². The summed E-state index contributed by atoms with van der Waals surface area (Å²) in [5.74, 6) is -0.496. The molecule has 0 aliphatic rings. The molecule has 172 valence electrons. The molecule has 0 aliphatic heterocycles. The first kappa shape index (κ1) is 23.7. The Hall–Kier alpha value is -3.92. The SMILES string of the molecule is COc1ccc(/C=N\NC(=O)CN(c2ccccc2F)S(=O)(=O)c2ccccc2)c(OC)c1. The van der Waals surface area contributed by atoms with Crippen molar-refractivity contribution in [2.45, 2.75) is 4.90 Å². The van der Waals surface area contributed by atoms with Crippen LogP contribution in [0, 0.1) is 5.82 Å². The number of anilines is 1. The number of para-hydroxylation sites is 1. The predicted octanol–water partition coefficient (Wildman–Crippen LogP) is 3.19. The van der Waals surface area contributed by atoms with Crippen LogP contribution in [0.2, 0.25) is 0 Å². The molecule has 0 aliphatic carbocycles. The monoisotopic (exact) mass is 471 g/mol. The average Bonchev–Trinajstić information content (AvgIpc) is 2.83. The minimum atomic E-state index is -4.22. The number of halogens is 1. The van der Waals surface area contributed by atoms with Crippen molar-refractivity contribution in [2.75, 3.05) is 25.1 Å². The molecule has 10 heteroatoms. The van der Waals surface area contributed by atoms with E-state index in [0.29, 0.717) is 21.4 Å². The van der Waals surface area contributed by atoms with Gasteiger partial charge in [0.2, 0.25) is 0 Å². The molecule has 0 spiro atoms. The van der Waals surface area contributed by atoms with Gasteiger partial charge in [0, 0.05) is 11.6 Å². The highest BCUT2D eigenvalue weighted by molar-refractivity contribution is 7.92. The van der Waals surface area contributed by atoms with Gasteiger partial charge >= 0.3 is 0 Å². The molecule has 0 atom stereocenters. The van der Waals surface area contributed by atoms with Crippen molar-refractivity contribution in [3.05, 3.63) is 84.2 Å². The van der Waals surface area contributed by atoms with Crippen molar-refractivity contribution in [2.24, 2.45) is 5.10 Å². The van der Waals surface area contributed by atoms with Crippen LogP contribution in [0.15, 0.2) is 82.8 Å². The molecule has 0 saturated heterocycles. The summed E-state index contributed by atoms with van der Waals surface area (Å²) in [6.45, 7) is -0.685. The average molecular weight is 472 g/mol. The Bertz CT molecular complexity index is 1250. The quantitative estimate of drug-likeness (QED) is 0.382. The Labute approximate surface area is 191 Å². The van der Waals surface area contributed by atoms with Gasteiger partial charge in [-0.3, -0.25) is 9.10 Å². The van der Waals surface area contributed by atoms with Crippen LogP contribution in [0.3, 0.4) is 0 Å². The van der Waals surface area contributed by atoms with E-state index in [4.69, 9.17) is 9.47 Å². The predicted molar refractivity (Wildman–Crippen MR) is 123 cm³/mol. The number of ether oxygens (including phenoxy) is 2. The summed E-state index contributed by atoms with van der Waals surface area (Å²) < 4.78 is 51.9. The van der Waals surface area contributed by atoms with E-state index in [0.717, 1.165) is 6.07 Å². The molecule has 3 rings (SSSR count). The number of hydrogen-bond donors (Lipinski definition) is 1. The molecule has 3 aromatic carbocycles. The zero-order valence-electron chi connectivity index (χ0n) is 17.9. The van der Waals surface area contributed by atoms with Gasteiger partial charge in [-0.05, 0) is 36.4 Å². The van der Waals surface area contributed by atoms with Crippen LogP contribution < -0.4 is 19.2 Å². The minimum absolute atomic E-state index is 0.0764. The molecular formula is C23H22FN3O5S.